The summed E-state index contributed by atoms with van der Waals surface area (Å²) in [5.41, 5.74) is 4.78. The Bertz CT molecular complexity index is 1330. The summed E-state index contributed by atoms with van der Waals surface area (Å²) in [6.07, 6.45) is 2.49. The van der Waals surface area contributed by atoms with Gasteiger partial charge in [0.2, 0.25) is 0 Å². The van der Waals surface area contributed by atoms with Crippen molar-refractivity contribution in [1.82, 2.24) is 14.1 Å². The Labute approximate surface area is 173 Å². The van der Waals surface area contributed by atoms with Crippen LogP contribution < -0.4 is 4.74 Å². The zero-order valence-corrected chi connectivity index (χ0v) is 16.8. The fraction of sp³-hybridized carbons (Fsp3) is 0.292. The highest BCUT2D eigenvalue weighted by Crippen LogP contribution is 2.39. The molecule has 1 aliphatic carbocycles. The van der Waals surface area contributed by atoms with E-state index in [0.717, 1.165) is 57.9 Å². The molecule has 0 N–H and O–H groups in total. The molecule has 3 heterocycles. The van der Waals surface area contributed by atoms with Gasteiger partial charge >= 0.3 is 0 Å². The van der Waals surface area contributed by atoms with E-state index in [1.54, 1.807) is 13.2 Å². The van der Waals surface area contributed by atoms with Gasteiger partial charge in [0.25, 0.3) is 0 Å². The second-order valence-electron chi connectivity index (χ2n) is 8.19. The van der Waals surface area contributed by atoms with Crippen molar-refractivity contribution in [3.8, 4) is 17.3 Å². The number of benzene rings is 2. The van der Waals surface area contributed by atoms with Gasteiger partial charge in [0.15, 0.2) is 5.82 Å². The van der Waals surface area contributed by atoms with Crippen LogP contribution in [0.25, 0.3) is 39.2 Å². The van der Waals surface area contributed by atoms with Gasteiger partial charge in [-0.05, 0) is 55.2 Å². The number of hydrogen-bond donors (Lipinski definition) is 0. The Hall–Kier alpha value is -3.28. The minimum Gasteiger partial charge on any atom is -0.497 e. The number of halogens is 1. The highest BCUT2D eigenvalue weighted by Gasteiger charge is 2.27. The fourth-order valence-corrected chi connectivity index (χ4v) is 4.46. The summed E-state index contributed by atoms with van der Waals surface area (Å²) in [6.45, 7) is 6.20. The Balaban J connectivity index is 1.61. The largest absolute Gasteiger partial charge is 0.497 e. The molecule has 0 atom stereocenters. The summed E-state index contributed by atoms with van der Waals surface area (Å²) in [6, 6.07) is 11.0. The van der Waals surface area contributed by atoms with E-state index < -0.39 is 0 Å². The molecule has 0 radical (unpaired) electrons. The molecule has 6 heteroatoms. The monoisotopic (exact) mass is 403 g/mol. The lowest BCUT2D eigenvalue weighted by Gasteiger charge is -2.19. The summed E-state index contributed by atoms with van der Waals surface area (Å²) in [4.78, 5) is 5.01. The van der Waals surface area contributed by atoms with Crippen molar-refractivity contribution in [2.24, 2.45) is 5.92 Å². The van der Waals surface area contributed by atoms with E-state index in [1.807, 2.05) is 18.2 Å². The molecule has 1 fully saturated rings. The van der Waals surface area contributed by atoms with Gasteiger partial charge < -0.3 is 18.6 Å². The smallest absolute Gasteiger partial charge is 0.158 e. The summed E-state index contributed by atoms with van der Waals surface area (Å²) >= 11 is 0. The van der Waals surface area contributed by atoms with Crippen LogP contribution in [0.1, 0.15) is 18.4 Å². The molecule has 4 aromatic rings. The Morgan fingerprint density at radius 2 is 2.13 bits per heavy atom. The van der Waals surface area contributed by atoms with Crippen LogP contribution in [0, 0.1) is 11.7 Å². The molecule has 0 spiro atoms. The van der Waals surface area contributed by atoms with E-state index in [0.29, 0.717) is 18.3 Å². The molecule has 2 aromatic carbocycles. The highest BCUT2D eigenvalue weighted by atomic mass is 19.1. The number of nitrogens with zero attached hydrogens (tertiary/aromatic N) is 3. The fourth-order valence-electron chi connectivity index (χ4n) is 4.46. The maximum atomic E-state index is 13.9. The number of aromatic nitrogens is 3. The van der Waals surface area contributed by atoms with Crippen LogP contribution in [-0.2, 0) is 17.8 Å². The molecular weight excluding hydrogens is 381 g/mol. The van der Waals surface area contributed by atoms with Crippen molar-refractivity contribution in [2.75, 3.05) is 13.7 Å². The average Bonchev–Trinajstić information content (AvgIpc) is 3.40. The first-order chi connectivity index (χ1) is 14.6. The van der Waals surface area contributed by atoms with Crippen molar-refractivity contribution < 1.29 is 13.9 Å². The molecule has 0 amide bonds. The Morgan fingerprint density at radius 1 is 1.27 bits per heavy atom. The minimum atomic E-state index is -0.217. The van der Waals surface area contributed by atoms with Gasteiger partial charge in [-0.1, -0.05) is 6.58 Å². The van der Waals surface area contributed by atoms with Gasteiger partial charge in [-0.2, -0.15) is 0 Å². The summed E-state index contributed by atoms with van der Waals surface area (Å²) < 4.78 is 29.7. The Kier molecular flexibility index (Phi) is 3.72. The van der Waals surface area contributed by atoms with Crippen LogP contribution in [0.2, 0.25) is 0 Å². The molecule has 1 aliphatic heterocycles. The van der Waals surface area contributed by atoms with Crippen LogP contribution in [0.3, 0.4) is 0 Å². The summed E-state index contributed by atoms with van der Waals surface area (Å²) in [7, 11) is 1.61. The van der Waals surface area contributed by atoms with Crippen LogP contribution in [0.4, 0.5) is 4.39 Å². The third kappa shape index (κ3) is 2.63. The maximum absolute atomic E-state index is 13.9. The quantitative estimate of drug-likeness (QED) is 0.429. The first-order valence-electron chi connectivity index (χ1n) is 10.3. The van der Waals surface area contributed by atoms with Gasteiger partial charge in [0.1, 0.15) is 29.4 Å². The highest BCUT2D eigenvalue weighted by molar-refractivity contribution is 5.92. The molecule has 0 bridgehead atoms. The van der Waals surface area contributed by atoms with E-state index in [4.69, 9.17) is 14.5 Å². The predicted octanol–water partition coefficient (Wildman–Crippen LogP) is 5.22. The van der Waals surface area contributed by atoms with Crippen LogP contribution in [0.15, 0.2) is 43.0 Å². The molecule has 1 saturated carbocycles. The lowest BCUT2D eigenvalue weighted by atomic mass is 10.1. The molecule has 0 saturated heterocycles. The third-order valence-corrected chi connectivity index (χ3v) is 6.18. The minimum absolute atomic E-state index is 0.217. The first kappa shape index (κ1) is 17.6. The number of methoxy groups -OCH3 is 1. The van der Waals surface area contributed by atoms with Crippen LogP contribution >= 0.6 is 0 Å². The second-order valence-corrected chi connectivity index (χ2v) is 8.19. The van der Waals surface area contributed by atoms with E-state index in [-0.39, 0.29) is 5.82 Å². The van der Waals surface area contributed by atoms with E-state index >= 15 is 0 Å². The van der Waals surface area contributed by atoms with Gasteiger partial charge in [0, 0.05) is 23.0 Å². The Morgan fingerprint density at radius 3 is 2.93 bits per heavy atom. The predicted molar refractivity (Wildman–Crippen MR) is 115 cm³/mol. The van der Waals surface area contributed by atoms with E-state index in [1.165, 1.54) is 18.9 Å². The van der Waals surface area contributed by atoms with Gasteiger partial charge in [-0.25, -0.2) is 9.37 Å². The van der Waals surface area contributed by atoms with Crippen molar-refractivity contribution >= 4 is 27.7 Å². The number of hydrogen-bond acceptors (Lipinski definition) is 3. The number of rotatable bonds is 5. The molecule has 2 aromatic heterocycles. The standard InChI is InChI=1S/C24H22FN3O2/c1-14(29-2)16-10-19-23-22(12-16)30-8-7-27(23)24(26-19)21-11-17-9-18(25)5-6-20(17)28(21)13-15-3-4-15/h5-6,9-12,15H,1,3-4,7-8,13H2,2H3. The van der Waals surface area contributed by atoms with Crippen LogP contribution in [-0.4, -0.2) is 27.8 Å². The van der Waals surface area contributed by atoms with Gasteiger partial charge in [-0.3, -0.25) is 0 Å². The van der Waals surface area contributed by atoms with Crippen molar-refractivity contribution in [1.29, 1.82) is 0 Å². The van der Waals surface area contributed by atoms with E-state index in [9.17, 15) is 4.39 Å². The zero-order valence-electron chi connectivity index (χ0n) is 16.8. The van der Waals surface area contributed by atoms with Crippen molar-refractivity contribution in [3.63, 3.8) is 0 Å². The SMILES string of the molecule is C=C(OC)c1cc2c3c(c1)nc(-c1cc4cc(F)ccc4n1CC1CC1)n3CCO2. The van der Waals surface area contributed by atoms with E-state index in [2.05, 4.69) is 21.8 Å². The molecule has 2 aliphatic rings. The maximum Gasteiger partial charge on any atom is 0.158 e. The molecule has 6 rings (SSSR count). The lowest BCUT2D eigenvalue weighted by Crippen LogP contribution is -2.16. The average molecular weight is 403 g/mol. The molecule has 0 unspecified atom stereocenters. The summed E-state index contributed by atoms with van der Waals surface area (Å²) in [5.74, 6) is 2.74. The molecule has 5 nitrogen and oxygen atoms in total. The molecule has 30 heavy (non-hydrogen) atoms. The normalized spacial score (nSPS) is 15.5. The van der Waals surface area contributed by atoms with Gasteiger partial charge in [0.05, 0.1) is 24.9 Å². The topological polar surface area (TPSA) is 41.2 Å². The van der Waals surface area contributed by atoms with Crippen molar-refractivity contribution in [3.05, 3.63) is 54.4 Å². The third-order valence-electron chi connectivity index (χ3n) is 6.18. The number of ether oxygens (including phenoxy) is 2. The van der Waals surface area contributed by atoms with Gasteiger partial charge in [-0.15, -0.1) is 0 Å². The number of fused-ring (bicyclic) bond motifs is 1. The van der Waals surface area contributed by atoms with Crippen molar-refractivity contribution in [2.45, 2.75) is 25.9 Å². The van der Waals surface area contributed by atoms with Crippen LogP contribution in [0.5, 0.6) is 5.75 Å². The summed E-state index contributed by atoms with van der Waals surface area (Å²) in [5, 5.41) is 0.909. The second kappa shape index (κ2) is 6.36. The molecular formula is C24H22FN3O2. The lowest BCUT2D eigenvalue weighted by molar-refractivity contribution is 0.287. The molecule has 152 valence electrons. The number of imidazole rings is 1. The first-order valence-corrected chi connectivity index (χ1v) is 10.3. The zero-order chi connectivity index (χ0) is 20.4.